The third-order valence-electron chi connectivity index (χ3n) is 8.15. The summed E-state index contributed by atoms with van der Waals surface area (Å²) < 4.78 is 0. The van der Waals surface area contributed by atoms with Gasteiger partial charge in [0, 0.05) is 67.2 Å². The van der Waals surface area contributed by atoms with Crippen molar-refractivity contribution in [1.82, 2.24) is 30.0 Å². The number of nitriles is 1. The normalized spacial score (nSPS) is 24.9. The van der Waals surface area contributed by atoms with E-state index in [0.717, 1.165) is 60.7 Å². The molecule has 0 saturated carbocycles. The van der Waals surface area contributed by atoms with Crippen LogP contribution in [0.3, 0.4) is 0 Å². The predicted octanol–water partition coefficient (Wildman–Crippen LogP) is 4.15. The molecule has 3 N–H and O–H groups in total. The van der Waals surface area contributed by atoms with E-state index in [1.807, 2.05) is 13.0 Å². The standard InChI is InChI=1S/C27H35N9/c1-17-11-25(34-33-17)31-26-23-8-7-18(19-15-35(2)16-19)12-24(23)30-27(32-26)29-20-13-21-5-3-6-22(14-20)36(21)10-4-9-28/h7-8,11-12,19-22H,3-6,10,13-16H2,1-2H3,(H3,29,30,31,32,33,34)/t20-,21-,22+. The van der Waals surface area contributed by atoms with Crippen LogP contribution < -0.4 is 10.6 Å². The number of hydrogen-bond acceptors (Lipinski definition) is 8. The zero-order valence-corrected chi connectivity index (χ0v) is 21.2. The summed E-state index contributed by atoms with van der Waals surface area (Å²) in [5.74, 6) is 2.77. The molecule has 9 nitrogen and oxygen atoms in total. The lowest BCUT2D eigenvalue weighted by atomic mass is 9.81. The number of aromatic amines is 1. The largest absolute Gasteiger partial charge is 0.351 e. The summed E-state index contributed by atoms with van der Waals surface area (Å²) in [5.41, 5.74) is 3.30. The first-order chi connectivity index (χ1) is 17.6. The Kier molecular flexibility index (Phi) is 6.23. The minimum absolute atomic E-state index is 0.333. The van der Waals surface area contributed by atoms with Crippen molar-refractivity contribution in [3.8, 4) is 6.07 Å². The molecule has 188 valence electrons. The molecule has 6 rings (SSSR count). The van der Waals surface area contributed by atoms with Crippen molar-refractivity contribution in [2.75, 3.05) is 37.3 Å². The molecule has 3 aromatic rings. The Balaban J connectivity index is 1.28. The molecule has 3 fully saturated rings. The molecular formula is C27H35N9. The van der Waals surface area contributed by atoms with Crippen LogP contribution in [0.25, 0.3) is 10.9 Å². The minimum Gasteiger partial charge on any atom is -0.351 e. The van der Waals surface area contributed by atoms with Gasteiger partial charge in [0.2, 0.25) is 5.95 Å². The van der Waals surface area contributed by atoms with Crippen molar-refractivity contribution >= 4 is 28.5 Å². The average Bonchev–Trinajstić information content (AvgIpc) is 3.24. The second kappa shape index (κ2) is 9.68. The first-order valence-electron chi connectivity index (χ1n) is 13.2. The van der Waals surface area contributed by atoms with E-state index in [-0.39, 0.29) is 0 Å². The van der Waals surface area contributed by atoms with E-state index in [1.165, 1.54) is 24.8 Å². The first kappa shape index (κ1) is 23.2. The van der Waals surface area contributed by atoms with E-state index >= 15 is 0 Å². The topological polar surface area (TPSA) is 109 Å². The fraction of sp³-hybridized carbons (Fsp3) is 0.556. The number of likely N-dealkylation sites (tertiary alicyclic amines) is 1. The summed E-state index contributed by atoms with van der Waals surface area (Å²) in [6, 6.07) is 12.3. The van der Waals surface area contributed by atoms with Gasteiger partial charge in [0.15, 0.2) is 5.82 Å². The molecule has 0 aliphatic carbocycles. The van der Waals surface area contributed by atoms with Gasteiger partial charge in [-0.15, -0.1) is 0 Å². The van der Waals surface area contributed by atoms with Gasteiger partial charge >= 0.3 is 0 Å². The minimum atomic E-state index is 0.333. The number of nitrogens with zero attached hydrogens (tertiary/aromatic N) is 6. The molecule has 3 saturated heterocycles. The zero-order chi connectivity index (χ0) is 24.6. The molecule has 0 unspecified atom stereocenters. The second-order valence-electron chi connectivity index (χ2n) is 10.8. The van der Waals surface area contributed by atoms with Crippen molar-refractivity contribution in [1.29, 1.82) is 5.26 Å². The quantitative estimate of drug-likeness (QED) is 0.458. The summed E-state index contributed by atoms with van der Waals surface area (Å²) in [5, 5.41) is 24.6. The number of hydrogen-bond donors (Lipinski definition) is 3. The fourth-order valence-corrected chi connectivity index (χ4v) is 6.40. The molecule has 3 atom stereocenters. The van der Waals surface area contributed by atoms with E-state index in [0.29, 0.717) is 36.4 Å². The monoisotopic (exact) mass is 485 g/mol. The van der Waals surface area contributed by atoms with Crippen LogP contribution in [0, 0.1) is 18.3 Å². The zero-order valence-electron chi connectivity index (χ0n) is 21.2. The van der Waals surface area contributed by atoms with Crippen LogP contribution in [0.15, 0.2) is 24.3 Å². The lowest BCUT2D eigenvalue weighted by molar-refractivity contribution is 0.0369. The smallest absolute Gasteiger partial charge is 0.225 e. The van der Waals surface area contributed by atoms with Gasteiger partial charge in [-0.2, -0.15) is 15.3 Å². The Labute approximate surface area is 212 Å². The molecule has 1 aromatic carbocycles. The van der Waals surface area contributed by atoms with Crippen molar-refractivity contribution in [2.45, 2.75) is 69.5 Å². The average molecular weight is 486 g/mol. The van der Waals surface area contributed by atoms with E-state index in [4.69, 9.17) is 15.2 Å². The van der Waals surface area contributed by atoms with Crippen LogP contribution in [0.4, 0.5) is 17.6 Å². The Bertz CT molecular complexity index is 1260. The summed E-state index contributed by atoms with van der Waals surface area (Å²) in [7, 11) is 2.16. The highest BCUT2D eigenvalue weighted by Gasteiger charge is 2.38. The maximum atomic E-state index is 9.09. The van der Waals surface area contributed by atoms with Crippen molar-refractivity contribution < 1.29 is 0 Å². The number of benzene rings is 1. The van der Waals surface area contributed by atoms with Gasteiger partial charge in [-0.05, 0) is 57.4 Å². The van der Waals surface area contributed by atoms with Crippen LogP contribution in [0.5, 0.6) is 0 Å². The van der Waals surface area contributed by atoms with Gasteiger partial charge < -0.3 is 15.5 Å². The van der Waals surface area contributed by atoms with Crippen molar-refractivity contribution in [3.63, 3.8) is 0 Å². The highest BCUT2D eigenvalue weighted by atomic mass is 15.2. The summed E-state index contributed by atoms with van der Waals surface area (Å²) in [4.78, 5) is 14.9. The SMILES string of the molecule is Cc1cc(Nc2nc(N[C@@H]3C[C@H]4CCC[C@@H](C3)N4CCC#N)nc3cc(C4CN(C)C4)ccc23)n[nH]1. The second-order valence-corrected chi connectivity index (χ2v) is 10.8. The number of piperidine rings is 2. The molecule has 36 heavy (non-hydrogen) atoms. The molecule has 5 heterocycles. The molecule has 2 aromatic heterocycles. The number of rotatable bonds is 7. The van der Waals surface area contributed by atoms with Crippen LogP contribution in [-0.2, 0) is 0 Å². The first-order valence-corrected chi connectivity index (χ1v) is 13.2. The highest BCUT2D eigenvalue weighted by Crippen LogP contribution is 2.36. The highest BCUT2D eigenvalue weighted by molar-refractivity contribution is 5.92. The number of anilines is 3. The van der Waals surface area contributed by atoms with Gasteiger partial charge in [0.25, 0.3) is 0 Å². The fourth-order valence-electron chi connectivity index (χ4n) is 6.40. The molecule has 3 aliphatic rings. The lowest BCUT2D eigenvalue weighted by Crippen LogP contribution is -2.55. The Morgan fingerprint density at radius 1 is 1.14 bits per heavy atom. The van der Waals surface area contributed by atoms with Gasteiger partial charge in [-0.25, -0.2) is 4.98 Å². The van der Waals surface area contributed by atoms with Crippen molar-refractivity contribution in [2.24, 2.45) is 0 Å². The van der Waals surface area contributed by atoms with Gasteiger partial charge in [0.05, 0.1) is 11.6 Å². The number of aryl methyl sites for hydroxylation is 1. The lowest BCUT2D eigenvalue weighted by Gasteiger charge is -2.48. The number of H-pyrrole nitrogens is 1. The Morgan fingerprint density at radius 2 is 1.94 bits per heavy atom. The molecule has 3 aliphatic heterocycles. The number of fused-ring (bicyclic) bond motifs is 3. The summed E-state index contributed by atoms with van der Waals surface area (Å²) in [6.07, 6.45) is 6.46. The molecule has 2 bridgehead atoms. The third kappa shape index (κ3) is 4.63. The van der Waals surface area contributed by atoms with E-state index in [1.54, 1.807) is 0 Å². The maximum absolute atomic E-state index is 9.09. The van der Waals surface area contributed by atoms with Gasteiger partial charge in [-0.1, -0.05) is 12.5 Å². The number of nitrogens with one attached hydrogen (secondary N) is 3. The molecular weight excluding hydrogens is 450 g/mol. The van der Waals surface area contributed by atoms with Crippen LogP contribution in [0.2, 0.25) is 0 Å². The third-order valence-corrected chi connectivity index (χ3v) is 8.15. The van der Waals surface area contributed by atoms with Crippen LogP contribution in [0.1, 0.15) is 55.7 Å². The maximum Gasteiger partial charge on any atom is 0.225 e. The van der Waals surface area contributed by atoms with Gasteiger partial charge in [0.1, 0.15) is 5.82 Å². The summed E-state index contributed by atoms with van der Waals surface area (Å²) >= 11 is 0. The molecule has 0 spiro atoms. The van der Waals surface area contributed by atoms with Crippen LogP contribution >= 0.6 is 0 Å². The summed E-state index contributed by atoms with van der Waals surface area (Å²) in [6.45, 7) is 5.06. The van der Waals surface area contributed by atoms with E-state index in [2.05, 4.69) is 61.9 Å². The number of likely N-dealkylation sites (N-methyl/N-ethyl adjacent to an activating group) is 1. The van der Waals surface area contributed by atoms with Gasteiger partial charge in [-0.3, -0.25) is 10.00 Å². The Hall–Kier alpha value is -3.22. The Morgan fingerprint density at radius 3 is 2.64 bits per heavy atom. The number of aromatic nitrogens is 4. The van der Waals surface area contributed by atoms with E-state index < -0.39 is 0 Å². The molecule has 0 amide bonds. The van der Waals surface area contributed by atoms with Crippen molar-refractivity contribution in [3.05, 3.63) is 35.5 Å². The predicted molar refractivity (Wildman–Crippen MR) is 141 cm³/mol. The molecule has 0 radical (unpaired) electrons. The molecule has 9 heteroatoms. The van der Waals surface area contributed by atoms with E-state index in [9.17, 15) is 0 Å². The van der Waals surface area contributed by atoms with Crippen LogP contribution in [-0.4, -0.2) is 74.8 Å².